The van der Waals surface area contributed by atoms with Gasteiger partial charge in [0.25, 0.3) is 0 Å². The molecule has 4 rings (SSSR count). The van der Waals surface area contributed by atoms with Crippen LogP contribution in [-0.2, 0) is 6.54 Å². The van der Waals surface area contributed by atoms with E-state index in [1.165, 1.54) is 11.1 Å². The van der Waals surface area contributed by atoms with Gasteiger partial charge in [0.1, 0.15) is 0 Å². The molecule has 2 N–H and O–H groups in total. The number of likely N-dealkylation sites (tertiary alicyclic amines) is 1. The Hall–Kier alpha value is -1.65. The molecule has 1 aliphatic heterocycles. The molecule has 1 aliphatic rings. The number of pyridine rings is 1. The molecule has 2 atom stereocenters. The second-order valence-corrected chi connectivity index (χ2v) is 6.89. The summed E-state index contributed by atoms with van der Waals surface area (Å²) in [5.41, 5.74) is 9.93. The Morgan fingerprint density at radius 3 is 2.64 bits per heavy atom. The molecule has 2 heterocycles. The van der Waals surface area contributed by atoms with Gasteiger partial charge in [-0.15, -0.1) is 12.4 Å². The van der Waals surface area contributed by atoms with E-state index < -0.39 is 0 Å². The fourth-order valence-corrected chi connectivity index (χ4v) is 3.88. The van der Waals surface area contributed by atoms with Crippen LogP contribution in [0.2, 0.25) is 5.02 Å². The summed E-state index contributed by atoms with van der Waals surface area (Å²) >= 11 is 6.30. The molecule has 3 nitrogen and oxygen atoms in total. The van der Waals surface area contributed by atoms with Crippen LogP contribution in [0.5, 0.6) is 0 Å². The minimum Gasteiger partial charge on any atom is -0.326 e. The summed E-state index contributed by atoms with van der Waals surface area (Å²) in [5, 5.41) is 1.77. The fourth-order valence-electron chi connectivity index (χ4n) is 3.66. The molecule has 1 aromatic heterocycles. The standard InChI is InChI=1S/C20H20ClN3.ClH/c21-18-9-8-15(20-16(18)7-4-10-23-20)11-24-12-17(19(22)13-24)14-5-2-1-3-6-14;/h1-10,17,19H,11-13,22H2;1H/t17-,19+;/m0./s1. The average Bonchev–Trinajstić information content (AvgIpc) is 2.99. The van der Waals surface area contributed by atoms with E-state index in [2.05, 4.69) is 40.2 Å². The molecule has 0 aliphatic carbocycles. The topological polar surface area (TPSA) is 42.1 Å². The lowest BCUT2D eigenvalue weighted by molar-refractivity contribution is 0.325. The van der Waals surface area contributed by atoms with Crippen LogP contribution in [0.3, 0.4) is 0 Å². The van der Waals surface area contributed by atoms with Crippen molar-refractivity contribution in [2.45, 2.75) is 18.5 Å². The first-order valence-electron chi connectivity index (χ1n) is 8.27. The molecule has 2 aromatic carbocycles. The number of nitrogens with zero attached hydrogens (tertiary/aromatic N) is 2. The third kappa shape index (κ3) is 3.65. The Labute approximate surface area is 159 Å². The molecule has 0 spiro atoms. The summed E-state index contributed by atoms with van der Waals surface area (Å²) in [6.07, 6.45) is 1.82. The zero-order valence-electron chi connectivity index (χ0n) is 13.8. The number of hydrogen-bond acceptors (Lipinski definition) is 3. The summed E-state index contributed by atoms with van der Waals surface area (Å²) in [4.78, 5) is 6.95. The van der Waals surface area contributed by atoms with Crippen molar-refractivity contribution in [3.63, 3.8) is 0 Å². The van der Waals surface area contributed by atoms with Crippen molar-refractivity contribution in [2.75, 3.05) is 13.1 Å². The van der Waals surface area contributed by atoms with E-state index >= 15 is 0 Å². The molecule has 130 valence electrons. The summed E-state index contributed by atoms with van der Waals surface area (Å²) in [6, 6.07) is 18.7. The van der Waals surface area contributed by atoms with Gasteiger partial charge in [0.2, 0.25) is 0 Å². The van der Waals surface area contributed by atoms with Gasteiger partial charge < -0.3 is 5.73 Å². The minimum atomic E-state index is 0. The Kier molecular flexibility index (Phi) is 5.60. The number of benzene rings is 2. The second-order valence-electron chi connectivity index (χ2n) is 6.48. The SMILES string of the molecule is Cl.N[C@@H]1CN(Cc2ccc(Cl)c3cccnc23)C[C@H]1c1ccccc1. The van der Waals surface area contributed by atoms with E-state index in [1.807, 2.05) is 30.5 Å². The first-order chi connectivity index (χ1) is 11.7. The first kappa shape index (κ1) is 18.2. The van der Waals surface area contributed by atoms with Crippen molar-refractivity contribution in [3.8, 4) is 0 Å². The normalized spacial score (nSPS) is 20.6. The quantitative estimate of drug-likeness (QED) is 0.746. The van der Waals surface area contributed by atoms with Gasteiger partial charge in [-0.1, -0.05) is 48.0 Å². The Balaban J connectivity index is 0.00000182. The monoisotopic (exact) mass is 373 g/mol. The lowest BCUT2D eigenvalue weighted by atomic mass is 9.95. The summed E-state index contributed by atoms with van der Waals surface area (Å²) in [6.45, 7) is 2.72. The number of fused-ring (bicyclic) bond motifs is 1. The van der Waals surface area contributed by atoms with Crippen LogP contribution in [0.15, 0.2) is 60.8 Å². The number of aromatic nitrogens is 1. The van der Waals surface area contributed by atoms with Crippen LogP contribution in [0.4, 0.5) is 0 Å². The lowest BCUT2D eigenvalue weighted by Crippen LogP contribution is -2.28. The molecule has 1 saturated heterocycles. The number of nitrogens with two attached hydrogens (primary N) is 1. The van der Waals surface area contributed by atoms with Gasteiger partial charge >= 0.3 is 0 Å². The third-order valence-corrected chi connectivity index (χ3v) is 5.19. The number of rotatable bonds is 3. The predicted molar refractivity (Wildman–Crippen MR) is 106 cm³/mol. The molecule has 3 aromatic rings. The largest absolute Gasteiger partial charge is 0.326 e. The van der Waals surface area contributed by atoms with Crippen molar-refractivity contribution < 1.29 is 0 Å². The molecular formula is C20H21Cl2N3. The van der Waals surface area contributed by atoms with Gasteiger partial charge in [0.05, 0.1) is 5.52 Å². The van der Waals surface area contributed by atoms with Crippen LogP contribution in [0.25, 0.3) is 10.9 Å². The average molecular weight is 374 g/mol. The molecule has 0 radical (unpaired) electrons. The predicted octanol–water partition coefficient (Wildman–Crippen LogP) is 4.24. The second kappa shape index (κ2) is 7.71. The zero-order chi connectivity index (χ0) is 16.5. The molecule has 1 fully saturated rings. The van der Waals surface area contributed by atoms with Gasteiger partial charge in [-0.25, -0.2) is 0 Å². The van der Waals surface area contributed by atoms with E-state index in [-0.39, 0.29) is 18.4 Å². The van der Waals surface area contributed by atoms with Crippen LogP contribution in [-0.4, -0.2) is 29.0 Å². The lowest BCUT2D eigenvalue weighted by Gasteiger charge is -2.17. The van der Waals surface area contributed by atoms with Gasteiger partial charge in [0, 0.05) is 48.2 Å². The van der Waals surface area contributed by atoms with Crippen LogP contribution in [0.1, 0.15) is 17.0 Å². The van der Waals surface area contributed by atoms with Crippen LogP contribution < -0.4 is 5.73 Å². The van der Waals surface area contributed by atoms with E-state index in [1.54, 1.807) is 0 Å². The summed E-state index contributed by atoms with van der Waals surface area (Å²) < 4.78 is 0. The van der Waals surface area contributed by atoms with Crippen molar-refractivity contribution in [3.05, 3.63) is 76.9 Å². The van der Waals surface area contributed by atoms with E-state index in [0.717, 1.165) is 35.6 Å². The maximum atomic E-state index is 6.41. The van der Waals surface area contributed by atoms with Gasteiger partial charge in [-0.3, -0.25) is 9.88 Å². The highest BCUT2D eigenvalue weighted by molar-refractivity contribution is 6.35. The molecule has 0 saturated carbocycles. The Morgan fingerprint density at radius 1 is 1.04 bits per heavy atom. The van der Waals surface area contributed by atoms with Crippen molar-refractivity contribution >= 4 is 34.9 Å². The number of halogens is 2. The van der Waals surface area contributed by atoms with Crippen molar-refractivity contribution in [1.29, 1.82) is 0 Å². The van der Waals surface area contributed by atoms with Gasteiger partial charge in [-0.05, 0) is 29.3 Å². The fraction of sp³-hybridized carbons (Fsp3) is 0.250. The molecule has 0 bridgehead atoms. The van der Waals surface area contributed by atoms with Crippen molar-refractivity contribution in [2.24, 2.45) is 5.73 Å². The highest BCUT2D eigenvalue weighted by Gasteiger charge is 2.31. The minimum absolute atomic E-state index is 0. The third-order valence-electron chi connectivity index (χ3n) is 4.86. The highest BCUT2D eigenvalue weighted by Crippen LogP contribution is 2.30. The Bertz CT molecular complexity index is 854. The zero-order valence-corrected chi connectivity index (χ0v) is 15.4. The van der Waals surface area contributed by atoms with Crippen LogP contribution in [0, 0.1) is 0 Å². The smallest absolute Gasteiger partial charge is 0.0761 e. The molecule has 5 heteroatoms. The molecular weight excluding hydrogens is 353 g/mol. The number of hydrogen-bond donors (Lipinski definition) is 1. The first-order valence-corrected chi connectivity index (χ1v) is 8.65. The highest BCUT2D eigenvalue weighted by atomic mass is 35.5. The maximum Gasteiger partial charge on any atom is 0.0761 e. The van der Waals surface area contributed by atoms with Gasteiger partial charge in [-0.2, -0.15) is 0 Å². The van der Waals surface area contributed by atoms with E-state index in [4.69, 9.17) is 17.3 Å². The van der Waals surface area contributed by atoms with E-state index in [9.17, 15) is 0 Å². The molecule has 0 unspecified atom stereocenters. The summed E-state index contributed by atoms with van der Waals surface area (Å²) in [7, 11) is 0. The summed E-state index contributed by atoms with van der Waals surface area (Å²) in [5.74, 6) is 0.387. The van der Waals surface area contributed by atoms with Crippen LogP contribution >= 0.6 is 24.0 Å². The maximum absolute atomic E-state index is 6.41. The van der Waals surface area contributed by atoms with E-state index in [0.29, 0.717) is 5.92 Å². The van der Waals surface area contributed by atoms with Gasteiger partial charge in [0.15, 0.2) is 0 Å². The Morgan fingerprint density at radius 2 is 1.84 bits per heavy atom. The van der Waals surface area contributed by atoms with Crippen molar-refractivity contribution in [1.82, 2.24) is 9.88 Å². The molecule has 0 amide bonds. The molecule has 25 heavy (non-hydrogen) atoms.